The molecule has 11 nitrogen and oxygen atoms in total. The van der Waals surface area contributed by atoms with Crippen LogP contribution in [0.2, 0.25) is 0 Å². The van der Waals surface area contributed by atoms with Gasteiger partial charge < -0.3 is 35.1 Å². The maximum Gasteiger partial charge on any atom is 0.231 e. The van der Waals surface area contributed by atoms with Crippen LogP contribution >= 0.6 is 0 Å². The molecule has 3 heterocycles. The van der Waals surface area contributed by atoms with Crippen molar-refractivity contribution in [2.45, 2.75) is 31.8 Å². The molecule has 2 aliphatic rings. The number of hydrogen-bond acceptors (Lipinski definition) is 8. The van der Waals surface area contributed by atoms with Gasteiger partial charge >= 0.3 is 0 Å². The summed E-state index contributed by atoms with van der Waals surface area (Å²) >= 11 is 0. The fourth-order valence-electron chi connectivity index (χ4n) is 4.11. The van der Waals surface area contributed by atoms with Crippen molar-refractivity contribution >= 4 is 16.7 Å². The number of aromatic nitrogens is 2. The van der Waals surface area contributed by atoms with Gasteiger partial charge in [-0.05, 0) is 55.0 Å². The molecule has 0 bridgehead atoms. The predicted molar refractivity (Wildman–Crippen MR) is 125 cm³/mol. The van der Waals surface area contributed by atoms with Gasteiger partial charge in [-0.15, -0.1) is 0 Å². The predicted octanol–water partition coefficient (Wildman–Crippen LogP) is 3.65. The Kier molecular flexibility index (Phi) is 5.72. The summed E-state index contributed by atoms with van der Waals surface area (Å²) < 4.78 is 22.7. The van der Waals surface area contributed by atoms with Crippen LogP contribution < -0.4 is 20.6 Å². The van der Waals surface area contributed by atoms with Crippen molar-refractivity contribution in [3.63, 3.8) is 0 Å². The molecule has 1 aromatic heterocycles. The van der Waals surface area contributed by atoms with Gasteiger partial charge in [0.1, 0.15) is 6.10 Å². The third-order valence-electron chi connectivity index (χ3n) is 5.73. The van der Waals surface area contributed by atoms with E-state index in [4.69, 9.17) is 24.8 Å². The zero-order chi connectivity index (χ0) is 23.7. The van der Waals surface area contributed by atoms with E-state index >= 15 is 0 Å². The van der Waals surface area contributed by atoms with Gasteiger partial charge in [0.25, 0.3) is 0 Å². The zero-order valence-electron chi connectivity index (χ0n) is 19.0. The number of imidazole rings is 1. The number of nitrogens with one attached hydrogen (secondary N) is 2. The Morgan fingerprint density at radius 3 is 2.94 bits per heavy atom. The van der Waals surface area contributed by atoms with Gasteiger partial charge in [-0.25, -0.2) is 9.99 Å². The SMILES string of the molecule is C=C(C(Nc1ccc2[nH]cnc2c1)c1ccc2c(c1)OCO2)N(CC1COC(C)(C)O1)/N=N\N. The van der Waals surface area contributed by atoms with E-state index in [-0.39, 0.29) is 12.9 Å². The Labute approximate surface area is 196 Å². The maximum atomic E-state index is 5.96. The first-order valence-electron chi connectivity index (χ1n) is 10.9. The van der Waals surface area contributed by atoms with Crippen LogP contribution in [0.3, 0.4) is 0 Å². The average Bonchev–Trinajstić information content (AvgIpc) is 3.55. The van der Waals surface area contributed by atoms with E-state index in [2.05, 4.69) is 32.3 Å². The summed E-state index contributed by atoms with van der Waals surface area (Å²) in [5.41, 5.74) is 4.16. The fourth-order valence-corrected chi connectivity index (χ4v) is 4.11. The summed E-state index contributed by atoms with van der Waals surface area (Å²) in [6, 6.07) is 11.3. The van der Waals surface area contributed by atoms with Crippen LogP contribution in [0.4, 0.5) is 5.69 Å². The van der Waals surface area contributed by atoms with Crippen LogP contribution in [0.1, 0.15) is 25.5 Å². The second-order valence-corrected chi connectivity index (χ2v) is 8.55. The fraction of sp³-hybridized carbons (Fsp3) is 0.348. The number of aromatic amines is 1. The second kappa shape index (κ2) is 8.84. The molecule has 2 atom stereocenters. The van der Waals surface area contributed by atoms with Gasteiger partial charge in [-0.3, -0.25) is 0 Å². The van der Waals surface area contributed by atoms with Crippen LogP contribution in [0.25, 0.3) is 11.0 Å². The lowest BCUT2D eigenvalue weighted by Crippen LogP contribution is -2.34. The number of benzene rings is 2. The Balaban J connectivity index is 1.46. The molecule has 0 spiro atoms. The van der Waals surface area contributed by atoms with E-state index in [0.29, 0.717) is 30.3 Å². The van der Waals surface area contributed by atoms with Crippen molar-refractivity contribution in [2.75, 3.05) is 25.3 Å². The zero-order valence-corrected chi connectivity index (χ0v) is 19.0. The van der Waals surface area contributed by atoms with Gasteiger partial charge in [0.05, 0.1) is 42.3 Å². The molecule has 2 aromatic carbocycles. The van der Waals surface area contributed by atoms with Crippen LogP contribution in [0.5, 0.6) is 11.5 Å². The Hall–Kier alpha value is -3.83. The lowest BCUT2D eigenvalue weighted by Gasteiger charge is -2.30. The first-order valence-corrected chi connectivity index (χ1v) is 10.9. The molecule has 0 radical (unpaired) electrons. The molecule has 0 aliphatic carbocycles. The minimum atomic E-state index is -0.661. The number of hydrogen-bond donors (Lipinski definition) is 3. The average molecular weight is 466 g/mol. The van der Waals surface area contributed by atoms with Gasteiger partial charge in [-0.1, -0.05) is 17.9 Å². The summed E-state index contributed by atoms with van der Waals surface area (Å²) in [4.78, 5) is 7.46. The highest BCUT2D eigenvalue weighted by Gasteiger charge is 2.35. The van der Waals surface area contributed by atoms with E-state index in [1.165, 1.54) is 0 Å². The molecule has 11 heteroatoms. The van der Waals surface area contributed by atoms with E-state index in [1.54, 1.807) is 11.3 Å². The standard InChI is InChI=1S/C23H27N7O4/c1-14(30(29-28-24)10-17-11-33-23(2,3)34-17)22(15-4-7-20-21(8-15)32-13-31-20)27-16-5-6-18-19(9-16)26-12-25-18/h4-9,12,17,22,27H,1,10-11,13H2,2-3H3,(H2,24,29)(H,25,26). The van der Waals surface area contributed by atoms with Gasteiger partial charge in [0.2, 0.25) is 6.79 Å². The molecule has 1 saturated heterocycles. The van der Waals surface area contributed by atoms with Crippen molar-refractivity contribution in [3.8, 4) is 11.5 Å². The lowest BCUT2D eigenvalue weighted by molar-refractivity contribution is -0.140. The molecular weight excluding hydrogens is 438 g/mol. The summed E-state index contributed by atoms with van der Waals surface area (Å²) in [5.74, 6) is 6.15. The topological polar surface area (TPSA) is 132 Å². The molecule has 2 aliphatic heterocycles. The van der Waals surface area contributed by atoms with E-state index < -0.39 is 11.8 Å². The van der Waals surface area contributed by atoms with Gasteiger partial charge in [0.15, 0.2) is 17.3 Å². The van der Waals surface area contributed by atoms with Crippen LogP contribution in [0, 0.1) is 0 Å². The molecular formula is C23H27N7O4. The number of nitrogens with zero attached hydrogens (tertiary/aromatic N) is 4. The molecule has 0 saturated carbocycles. The van der Waals surface area contributed by atoms with Crippen molar-refractivity contribution in [2.24, 2.45) is 16.3 Å². The summed E-state index contributed by atoms with van der Waals surface area (Å²) in [6.45, 7) is 9.06. The van der Waals surface area contributed by atoms with Crippen LogP contribution in [0.15, 0.2) is 65.4 Å². The lowest BCUT2D eigenvalue weighted by atomic mass is 10.0. The maximum absolute atomic E-state index is 5.96. The highest BCUT2D eigenvalue weighted by atomic mass is 16.7. The minimum absolute atomic E-state index is 0.190. The quantitative estimate of drug-likeness (QED) is 0.261. The van der Waals surface area contributed by atoms with Crippen molar-refractivity contribution in [3.05, 3.63) is 60.6 Å². The third-order valence-corrected chi connectivity index (χ3v) is 5.73. The normalized spacial score (nSPS) is 19.5. The number of anilines is 1. The first-order chi connectivity index (χ1) is 16.4. The second-order valence-electron chi connectivity index (χ2n) is 8.55. The molecule has 4 N–H and O–H groups in total. The van der Waals surface area contributed by atoms with E-state index in [1.807, 2.05) is 50.2 Å². The van der Waals surface area contributed by atoms with Crippen LogP contribution in [-0.2, 0) is 9.47 Å². The van der Waals surface area contributed by atoms with Gasteiger partial charge in [-0.2, -0.15) is 0 Å². The Bertz CT molecular complexity index is 1230. The Morgan fingerprint density at radius 2 is 2.15 bits per heavy atom. The monoisotopic (exact) mass is 465 g/mol. The highest BCUT2D eigenvalue weighted by Crippen LogP contribution is 2.38. The highest BCUT2D eigenvalue weighted by molar-refractivity contribution is 5.79. The number of H-pyrrole nitrogens is 1. The third kappa shape index (κ3) is 4.47. The molecule has 2 unspecified atom stereocenters. The van der Waals surface area contributed by atoms with Crippen molar-refractivity contribution in [1.29, 1.82) is 0 Å². The molecule has 178 valence electrons. The number of ether oxygens (including phenoxy) is 4. The van der Waals surface area contributed by atoms with Crippen molar-refractivity contribution in [1.82, 2.24) is 15.0 Å². The number of fused-ring (bicyclic) bond motifs is 2. The Morgan fingerprint density at radius 1 is 1.29 bits per heavy atom. The summed E-state index contributed by atoms with van der Waals surface area (Å²) in [5, 5.41) is 12.8. The molecule has 1 fully saturated rings. The number of rotatable bonds is 8. The number of nitrogens with two attached hydrogens (primary N) is 1. The molecule has 34 heavy (non-hydrogen) atoms. The largest absolute Gasteiger partial charge is 0.454 e. The van der Waals surface area contributed by atoms with E-state index in [0.717, 1.165) is 22.3 Å². The smallest absolute Gasteiger partial charge is 0.231 e. The molecule has 0 amide bonds. The molecule has 5 rings (SSSR count). The summed E-state index contributed by atoms with van der Waals surface area (Å²) in [7, 11) is 0. The summed E-state index contributed by atoms with van der Waals surface area (Å²) in [6.07, 6.45) is 1.44. The van der Waals surface area contributed by atoms with Crippen molar-refractivity contribution < 1.29 is 18.9 Å². The first kappa shape index (κ1) is 22.0. The minimum Gasteiger partial charge on any atom is -0.454 e. The van der Waals surface area contributed by atoms with E-state index in [9.17, 15) is 0 Å². The molecule has 3 aromatic rings. The van der Waals surface area contributed by atoms with Crippen LogP contribution in [-0.4, -0.2) is 46.8 Å². The van der Waals surface area contributed by atoms with Gasteiger partial charge in [0, 0.05) is 5.69 Å².